The van der Waals surface area contributed by atoms with Crippen molar-refractivity contribution in [2.45, 2.75) is 26.4 Å². The number of nitriles is 1. The van der Waals surface area contributed by atoms with Gasteiger partial charge in [-0.3, -0.25) is 9.78 Å². The van der Waals surface area contributed by atoms with Crippen molar-refractivity contribution in [2.75, 3.05) is 11.1 Å². The van der Waals surface area contributed by atoms with Gasteiger partial charge in [-0.05, 0) is 37.6 Å². The molecular formula is C17H18N4O2. The van der Waals surface area contributed by atoms with Gasteiger partial charge in [0.15, 0.2) is 0 Å². The van der Waals surface area contributed by atoms with E-state index >= 15 is 0 Å². The summed E-state index contributed by atoms with van der Waals surface area (Å²) in [5.74, 6) is 0.162. The molecule has 3 N–H and O–H groups in total. The average Bonchev–Trinajstić information content (AvgIpc) is 2.55. The van der Waals surface area contributed by atoms with Crippen LogP contribution in [-0.2, 0) is 0 Å². The number of hydrogen-bond donors (Lipinski definition) is 2. The van der Waals surface area contributed by atoms with Crippen LogP contribution in [0.1, 0.15) is 36.2 Å². The molecule has 0 saturated carbocycles. The number of carbonyl (C=O) groups excluding carboxylic acids is 1. The van der Waals surface area contributed by atoms with Crippen LogP contribution in [0.3, 0.4) is 0 Å². The lowest BCUT2D eigenvalue weighted by Gasteiger charge is -2.14. The number of hydrogen-bond acceptors (Lipinski definition) is 5. The fraction of sp³-hybridized carbons (Fsp3) is 0.235. The molecule has 2 aromatic rings. The van der Waals surface area contributed by atoms with Crippen molar-refractivity contribution in [3.63, 3.8) is 0 Å². The number of amides is 1. The highest BCUT2D eigenvalue weighted by atomic mass is 16.5. The third kappa shape index (κ3) is 4.20. The summed E-state index contributed by atoms with van der Waals surface area (Å²) in [5, 5.41) is 12.0. The number of nitrogens with two attached hydrogens (primary N) is 1. The lowest BCUT2D eigenvalue weighted by Crippen LogP contribution is -2.13. The molecular weight excluding hydrogens is 292 g/mol. The van der Waals surface area contributed by atoms with E-state index in [1.54, 1.807) is 18.2 Å². The summed E-state index contributed by atoms with van der Waals surface area (Å²) in [6.45, 7) is 3.94. The largest absolute Gasteiger partial charge is 0.489 e. The van der Waals surface area contributed by atoms with Gasteiger partial charge in [0.1, 0.15) is 11.8 Å². The molecule has 0 fully saturated rings. The zero-order valence-electron chi connectivity index (χ0n) is 13.0. The van der Waals surface area contributed by atoms with Crippen LogP contribution < -0.4 is 15.8 Å². The number of carbonyl (C=O) groups is 1. The Hall–Kier alpha value is -3.07. The second kappa shape index (κ2) is 7.27. The van der Waals surface area contributed by atoms with Crippen molar-refractivity contribution in [3.8, 4) is 11.8 Å². The Bertz CT molecular complexity index is 752. The minimum absolute atomic E-state index is 0.0147. The van der Waals surface area contributed by atoms with Crippen molar-refractivity contribution in [3.05, 3.63) is 47.8 Å². The molecule has 1 atom stereocenters. The number of anilines is 2. The number of rotatable bonds is 5. The Balaban J connectivity index is 2.18. The molecule has 6 nitrogen and oxygen atoms in total. The van der Waals surface area contributed by atoms with E-state index in [1.807, 2.05) is 13.8 Å². The Morgan fingerprint density at radius 2 is 2.22 bits per heavy atom. The van der Waals surface area contributed by atoms with E-state index in [9.17, 15) is 10.1 Å². The van der Waals surface area contributed by atoms with Crippen LogP contribution in [0.4, 0.5) is 11.4 Å². The maximum Gasteiger partial charge on any atom is 0.257 e. The van der Waals surface area contributed by atoms with Gasteiger partial charge in [0.25, 0.3) is 5.91 Å². The standard InChI is InChI=1S/C17H18N4O2/c1-3-11(2)23-16-5-4-15(7-12(16)8-18)21-17(22)13-6-14(19)10-20-9-13/h4-7,9-11H,3,19H2,1-2H3,(H,21,22). The molecule has 2 rings (SSSR count). The number of nitrogen functional groups attached to an aromatic ring is 1. The van der Waals surface area contributed by atoms with Gasteiger partial charge < -0.3 is 15.8 Å². The van der Waals surface area contributed by atoms with Crippen LogP contribution in [0.15, 0.2) is 36.7 Å². The van der Waals surface area contributed by atoms with Crippen LogP contribution in [0, 0.1) is 11.3 Å². The van der Waals surface area contributed by atoms with Crippen LogP contribution in [0.2, 0.25) is 0 Å². The average molecular weight is 310 g/mol. The molecule has 1 aromatic carbocycles. The fourth-order valence-electron chi connectivity index (χ4n) is 1.88. The van der Waals surface area contributed by atoms with Crippen molar-refractivity contribution < 1.29 is 9.53 Å². The van der Waals surface area contributed by atoms with Gasteiger partial charge in [0.05, 0.1) is 22.9 Å². The van der Waals surface area contributed by atoms with Gasteiger partial charge in [-0.2, -0.15) is 5.26 Å². The molecule has 118 valence electrons. The second-order valence-electron chi connectivity index (χ2n) is 5.12. The summed E-state index contributed by atoms with van der Waals surface area (Å²) in [4.78, 5) is 16.0. The Morgan fingerprint density at radius 1 is 1.43 bits per heavy atom. The Labute approximate surface area is 134 Å². The zero-order chi connectivity index (χ0) is 16.8. The summed E-state index contributed by atoms with van der Waals surface area (Å²) in [6.07, 6.45) is 3.75. The molecule has 6 heteroatoms. The lowest BCUT2D eigenvalue weighted by molar-refractivity contribution is 0.102. The summed E-state index contributed by atoms with van der Waals surface area (Å²) in [7, 11) is 0. The monoisotopic (exact) mass is 310 g/mol. The van der Waals surface area contributed by atoms with E-state index in [2.05, 4.69) is 16.4 Å². The van der Waals surface area contributed by atoms with Gasteiger partial charge in [0, 0.05) is 18.1 Å². The molecule has 0 bridgehead atoms. The van der Waals surface area contributed by atoms with Gasteiger partial charge in [-0.1, -0.05) is 6.92 Å². The van der Waals surface area contributed by atoms with Gasteiger partial charge >= 0.3 is 0 Å². The van der Waals surface area contributed by atoms with E-state index in [1.165, 1.54) is 18.5 Å². The van der Waals surface area contributed by atoms with E-state index in [0.29, 0.717) is 28.3 Å². The third-order valence-corrected chi connectivity index (χ3v) is 3.28. The second-order valence-corrected chi connectivity index (χ2v) is 5.12. The number of nitrogens with zero attached hydrogens (tertiary/aromatic N) is 2. The molecule has 0 spiro atoms. The van der Waals surface area contributed by atoms with Gasteiger partial charge in [-0.15, -0.1) is 0 Å². The van der Waals surface area contributed by atoms with Crippen LogP contribution in [0.25, 0.3) is 0 Å². The summed E-state index contributed by atoms with van der Waals surface area (Å²) in [5.41, 5.74) is 7.25. The molecule has 0 aliphatic heterocycles. The van der Waals surface area contributed by atoms with Crippen LogP contribution >= 0.6 is 0 Å². The fourth-order valence-corrected chi connectivity index (χ4v) is 1.88. The van der Waals surface area contributed by atoms with Crippen molar-refractivity contribution in [1.82, 2.24) is 4.98 Å². The third-order valence-electron chi connectivity index (χ3n) is 3.28. The number of nitrogens with one attached hydrogen (secondary N) is 1. The van der Waals surface area contributed by atoms with Gasteiger partial charge in [-0.25, -0.2) is 0 Å². The highest BCUT2D eigenvalue weighted by Crippen LogP contribution is 2.24. The molecule has 23 heavy (non-hydrogen) atoms. The molecule has 1 aromatic heterocycles. The molecule has 1 amide bonds. The number of aromatic nitrogens is 1. The number of ether oxygens (including phenoxy) is 1. The SMILES string of the molecule is CCC(C)Oc1ccc(NC(=O)c2cncc(N)c2)cc1C#N. The summed E-state index contributed by atoms with van der Waals surface area (Å²) in [6, 6.07) is 8.56. The van der Waals surface area contributed by atoms with Crippen molar-refractivity contribution >= 4 is 17.3 Å². The lowest BCUT2D eigenvalue weighted by atomic mass is 10.1. The molecule has 0 radical (unpaired) electrons. The highest BCUT2D eigenvalue weighted by Gasteiger charge is 2.11. The summed E-state index contributed by atoms with van der Waals surface area (Å²) >= 11 is 0. The first-order chi connectivity index (χ1) is 11.0. The maximum atomic E-state index is 12.2. The minimum atomic E-state index is -0.343. The quantitative estimate of drug-likeness (QED) is 0.884. The first-order valence-electron chi connectivity index (χ1n) is 7.26. The van der Waals surface area contributed by atoms with Crippen LogP contribution in [0.5, 0.6) is 5.75 Å². The summed E-state index contributed by atoms with van der Waals surface area (Å²) < 4.78 is 5.68. The van der Waals surface area contributed by atoms with E-state index < -0.39 is 0 Å². The first kappa shape index (κ1) is 16.3. The Morgan fingerprint density at radius 3 is 2.87 bits per heavy atom. The van der Waals surface area contributed by atoms with Crippen molar-refractivity contribution in [1.29, 1.82) is 5.26 Å². The maximum absolute atomic E-state index is 12.2. The van der Waals surface area contributed by atoms with Gasteiger partial charge in [0.2, 0.25) is 0 Å². The van der Waals surface area contributed by atoms with E-state index in [-0.39, 0.29) is 12.0 Å². The predicted molar refractivity (Wildman–Crippen MR) is 88.1 cm³/mol. The van der Waals surface area contributed by atoms with E-state index in [4.69, 9.17) is 10.5 Å². The van der Waals surface area contributed by atoms with E-state index in [0.717, 1.165) is 6.42 Å². The molecule has 0 saturated heterocycles. The smallest absolute Gasteiger partial charge is 0.257 e. The zero-order valence-corrected chi connectivity index (χ0v) is 13.0. The highest BCUT2D eigenvalue weighted by molar-refractivity contribution is 6.04. The minimum Gasteiger partial charge on any atom is -0.489 e. The molecule has 0 aliphatic carbocycles. The predicted octanol–water partition coefficient (Wildman–Crippen LogP) is 2.97. The Kier molecular flexibility index (Phi) is 5.15. The normalized spacial score (nSPS) is 11.3. The topological polar surface area (TPSA) is 101 Å². The first-order valence-corrected chi connectivity index (χ1v) is 7.26. The number of benzene rings is 1. The molecule has 0 aliphatic rings. The molecule has 1 unspecified atom stereocenters. The molecule has 1 heterocycles. The number of pyridine rings is 1. The van der Waals surface area contributed by atoms with Crippen LogP contribution in [-0.4, -0.2) is 17.0 Å². The van der Waals surface area contributed by atoms with Crippen molar-refractivity contribution in [2.24, 2.45) is 0 Å².